The van der Waals surface area contributed by atoms with Gasteiger partial charge in [0.1, 0.15) is 11.0 Å². The molecule has 1 aromatic carbocycles. The highest BCUT2D eigenvalue weighted by Gasteiger charge is 2.48. The van der Waals surface area contributed by atoms with Crippen LogP contribution in [0.3, 0.4) is 0 Å². The summed E-state index contributed by atoms with van der Waals surface area (Å²) in [5.74, 6) is 0.866. The average Bonchev–Trinajstić information content (AvgIpc) is 3.56. The fraction of sp³-hybridized carbons (Fsp3) is 0.357. The van der Waals surface area contributed by atoms with Crippen LogP contribution in [0.15, 0.2) is 60.0 Å². The van der Waals surface area contributed by atoms with E-state index in [1.165, 1.54) is 28.7 Å². The standard InChI is InChI=1S/C28H31N7O2/c1-5-13-34-25(36)20-15-29-26(32-24(20)35(34)23-8-6-7-22(31-23)27(2,3)37)30-19-9-10-21-18(14-19)16-33(4)17-28(21)11-12-28/h5-10,14-15,37H,1,11-13,16-17H2,2-4H3,(H,29,30,32). The molecule has 6 rings (SSSR count). The average molecular weight is 498 g/mol. The molecule has 2 N–H and O–H groups in total. The summed E-state index contributed by atoms with van der Waals surface area (Å²) in [6.07, 6.45) is 5.70. The molecule has 2 aliphatic rings. The molecule has 0 saturated heterocycles. The number of benzene rings is 1. The zero-order chi connectivity index (χ0) is 25.9. The van der Waals surface area contributed by atoms with Crippen LogP contribution in [0.1, 0.15) is 43.5 Å². The van der Waals surface area contributed by atoms with Gasteiger partial charge in [0, 0.05) is 30.4 Å². The lowest BCUT2D eigenvalue weighted by molar-refractivity contribution is 0.0738. The summed E-state index contributed by atoms with van der Waals surface area (Å²) in [5, 5.41) is 14.2. The Balaban J connectivity index is 1.43. The molecule has 37 heavy (non-hydrogen) atoms. The molecule has 4 aromatic rings. The number of aromatic nitrogens is 5. The SMILES string of the molecule is C=CCn1c(=O)c2cnc(Nc3ccc4c(c3)CN(C)CC43CC3)nc2n1-c1cccc(C(C)(C)O)n1. The third kappa shape index (κ3) is 4.04. The minimum absolute atomic E-state index is 0.233. The van der Waals surface area contributed by atoms with Crippen molar-refractivity contribution >= 4 is 22.7 Å². The van der Waals surface area contributed by atoms with E-state index in [1.807, 2.05) is 0 Å². The molecule has 3 aromatic heterocycles. The predicted molar refractivity (Wildman–Crippen MR) is 143 cm³/mol. The van der Waals surface area contributed by atoms with Crippen LogP contribution >= 0.6 is 0 Å². The van der Waals surface area contributed by atoms with E-state index < -0.39 is 5.60 Å². The number of nitrogens with zero attached hydrogens (tertiary/aromatic N) is 6. The van der Waals surface area contributed by atoms with Gasteiger partial charge in [-0.25, -0.2) is 19.3 Å². The van der Waals surface area contributed by atoms with Crippen LogP contribution in [0.4, 0.5) is 11.6 Å². The van der Waals surface area contributed by atoms with Gasteiger partial charge < -0.3 is 15.3 Å². The smallest absolute Gasteiger partial charge is 0.278 e. The molecule has 0 atom stereocenters. The second-order valence-corrected chi connectivity index (χ2v) is 10.8. The van der Waals surface area contributed by atoms with E-state index >= 15 is 0 Å². The van der Waals surface area contributed by atoms with Crippen LogP contribution in [0.25, 0.3) is 16.9 Å². The number of allylic oxidation sites excluding steroid dienone is 1. The predicted octanol–water partition coefficient (Wildman–Crippen LogP) is 3.61. The van der Waals surface area contributed by atoms with Crippen LogP contribution < -0.4 is 10.9 Å². The van der Waals surface area contributed by atoms with Gasteiger partial charge in [-0.15, -0.1) is 6.58 Å². The Hall–Kier alpha value is -3.82. The lowest BCUT2D eigenvalue weighted by Crippen LogP contribution is -2.35. The number of pyridine rings is 1. The maximum Gasteiger partial charge on any atom is 0.278 e. The lowest BCUT2D eigenvalue weighted by atomic mass is 9.87. The Bertz CT molecular complexity index is 1590. The minimum atomic E-state index is -1.14. The molecule has 0 unspecified atom stereocenters. The summed E-state index contributed by atoms with van der Waals surface area (Å²) in [6, 6.07) is 11.9. The molecule has 190 valence electrons. The number of nitrogens with one attached hydrogen (secondary N) is 1. The normalized spacial score (nSPS) is 16.6. The summed E-state index contributed by atoms with van der Waals surface area (Å²) in [5.41, 5.74) is 3.58. The molecule has 9 heteroatoms. The van der Waals surface area contributed by atoms with Crippen molar-refractivity contribution in [1.82, 2.24) is 29.2 Å². The lowest BCUT2D eigenvalue weighted by Gasteiger charge is -2.32. The highest BCUT2D eigenvalue weighted by Crippen LogP contribution is 2.52. The van der Waals surface area contributed by atoms with Crippen LogP contribution in [0.2, 0.25) is 0 Å². The minimum Gasteiger partial charge on any atom is -0.384 e. The number of rotatable bonds is 6. The van der Waals surface area contributed by atoms with Crippen LogP contribution in [0.5, 0.6) is 0 Å². The second-order valence-electron chi connectivity index (χ2n) is 10.8. The van der Waals surface area contributed by atoms with Crippen LogP contribution in [-0.2, 0) is 24.1 Å². The summed E-state index contributed by atoms with van der Waals surface area (Å²) < 4.78 is 3.19. The van der Waals surface area contributed by atoms with Crippen LogP contribution in [0, 0.1) is 0 Å². The number of anilines is 2. The van der Waals surface area contributed by atoms with Gasteiger partial charge in [0.25, 0.3) is 5.56 Å². The topological polar surface area (TPSA) is 101 Å². The zero-order valence-corrected chi connectivity index (χ0v) is 21.4. The van der Waals surface area contributed by atoms with E-state index in [0.29, 0.717) is 33.9 Å². The Morgan fingerprint density at radius 1 is 1.22 bits per heavy atom. The van der Waals surface area contributed by atoms with Crippen molar-refractivity contribution in [2.75, 3.05) is 18.9 Å². The van der Waals surface area contributed by atoms with Crippen LogP contribution in [-0.4, -0.2) is 47.9 Å². The van der Waals surface area contributed by atoms with Gasteiger partial charge in [-0.05, 0) is 69.1 Å². The maximum atomic E-state index is 13.2. The molecule has 0 bridgehead atoms. The molecule has 1 fully saturated rings. The van der Waals surface area contributed by atoms with E-state index in [-0.39, 0.29) is 12.1 Å². The molecule has 1 aliphatic heterocycles. The van der Waals surface area contributed by atoms with Gasteiger partial charge in [-0.2, -0.15) is 4.98 Å². The van der Waals surface area contributed by atoms with Crippen molar-refractivity contribution in [3.63, 3.8) is 0 Å². The van der Waals surface area contributed by atoms with Crippen molar-refractivity contribution in [1.29, 1.82) is 0 Å². The van der Waals surface area contributed by atoms with Gasteiger partial charge in [0.05, 0.1) is 12.2 Å². The summed E-state index contributed by atoms with van der Waals surface area (Å²) in [4.78, 5) is 29.5. The van der Waals surface area contributed by atoms with E-state index in [9.17, 15) is 9.90 Å². The summed E-state index contributed by atoms with van der Waals surface area (Å²) >= 11 is 0. The Morgan fingerprint density at radius 3 is 2.76 bits per heavy atom. The molecule has 4 heterocycles. The highest BCUT2D eigenvalue weighted by molar-refractivity contribution is 5.77. The van der Waals surface area contributed by atoms with E-state index in [2.05, 4.69) is 52.0 Å². The van der Waals surface area contributed by atoms with Gasteiger partial charge in [0.15, 0.2) is 11.5 Å². The fourth-order valence-corrected chi connectivity index (χ4v) is 5.47. The molecule has 0 radical (unpaired) electrons. The largest absolute Gasteiger partial charge is 0.384 e. The second kappa shape index (κ2) is 8.36. The Labute approximate surface area is 215 Å². The molecule has 9 nitrogen and oxygen atoms in total. The fourth-order valence-electron chi connectivity index (χ4n) is 5.47. The van der Waals surface area contributed by atoms with Gasteiger partial charge in [0.2, 0.25) is 5.95 Å². The van der Waals surface area contributed by atoms with E-state index in [4.69, 9.17) is 4.98 Å². The number of hydrogen-bond acceptors (Lipinski definition) is 7. The molecular formula is C28H31N7O2. The van der Waals surface area contributed by atoms with E-state index in [1.54, 1.807) is 49.0 Å². The van der Waals surface area contributed by atoms with Gasteiger partial charge in [-0.3, -0.25) is 4.79 Å². The molecule has 1 aliphatic carbocycles. The summed E-state index contributed by atoms with van der Waals surface area (Å²) in [6.45, 7) is 9.46. The molecule has 1 saturated carbocycles. The number of hydrogen-bond donors (Lipinski definition) is 2. The zero-order valence-electron chi connectivity index (χ0n) is 21.4. The first-order valence-corrected chi connectivity index (χ1v) is 12.6. The van der Waals surface area contributed by atoms with E-state index in [0.717, 1.165) is 18.8 Å². The van der Waals surface area contributed by atoms with Crippen molar-refractivity contribution in [2.45, 2.75) is 50.8 Å². The third-order valence-corrected chi connectivity index (χ3v) is 7.35. The first kappa shape index (κ1) is 23.6. The monoisotopic (exact) mass is 497 g/mol. The Kier molecular flexibility index (Phi) is 5.32. The molecule has 1 spiro atoms. The van der Waals surface area contributed by atoms with Crippen molar-refractivity contribution < 1.29 is 5.11 Å². The highest BCUT2D eigenvalue weighted by atomic mass is 16.3. The quantitative estimate of drug-likeness (QED) is 0.393. The number of aliphatic hydroxyl groups is 1. The first-order chi connectivity index (χ1) is 17.7. The summed E-state index contributed by atoms with van der Waals surface area (Å²) in [7, 11) is 2.17. The van der Waals surface area contributed by atoms with Gasteiger partial charge in [-0.1, -0.05) is 18.2 Å². The van der Waals surface area contributed by atoms with Crippen molar-refractivity contribution in [3.05, 3.63) is 82.4 Å². The molecule has 0 amide bonds. The number of fused-ring (bicyclic) bond motifs is 3. The Morgan fingerprint density at radius 2 is 2.03 bits per heavy atom. The van der Waals surface area contributed by atoms with Gasteiger partial charge >= 0.3 is 0 Å². The third-order valence-electron chi connectivity index (χ3n) is 7.35. The van der Waals surface area contributed by atoms with Crippen molar-refractivity contribution in [3.8, 4) is 5.82 Å². The maximum absolute atomic E-state index is 13.2. The molecular weight excluding hydrogens is 466 g/mol. The number of likely N-dealkylation sites (N-methyl/N-ethyl adjacent to an activating group) is 1. The van der Waals surface area contributed by atoms with Crippen molar-refractivity contribution in [2.24, 2.45) is 0 Å². The first-order valence-electron chi connectivity index (χ1n) is 12.6.